The van der Waals surface area contributed by atoms with E-state index in [4.69, 9.17) is 0 Å². The van der Waals surface area contributed by atoms with E-state index in [0.29, 0.717) is 0 Å². The van der Waals surface area contributed by atoms with Gasteiger partial charge < -0.3 is 0 Å². The van der Waals surface area contributed by atoms with Gasteiger partial charge in [0.1, 0.15) is 5.69 Å². The van der Waals surface area contributed by atoms with Crippen LogP contribution in [0.15, 0.2) is 72.2 Å². The highest BCUT2D eigenvalue weighted by Crippen LogP contribution is 2.23. The van der Waals surface area contributed by atoms with Crippen molar-refractivity contribution in [3.05, 3.63) is 95.6 Å². The van der Waals surface area contributed by atoms with Crippen molar-refractivity contribution < 1.29 is 8.78 Å². The number of benzene rings is 3. The van der Waals surface area contributed by atoms with Crippen LogP contribution in [-0.2, 0) is 0 Å². The number of hydrogen-bond acceptors (Lipinski definition) is 2. The predicted octanol–water partition coefficient (Wildman–Crippen LogP) is 6.41. The Morgan fingerprint density at radius 2 is 1.33 bits per heavy atom. The summed E-state index contributed by atoms with van der Waals surface area (Å²) in [4.78, 5) is 3.38. The number of nitrogens with zero attached hydrogens (tertiary/aromatic N) is 1. The minimum atomic E-state index is -0.824. The summed E-state index contributed by atoms with van der Waals surface area (Å²) in [5, 5.41) is 1.96. The number of aliphatic imine (C=N–C) groups is 1. The average Bonchev–Trinajstić information content (AvgIpc) is 2.70. The Morgan fingerprint density at radius 1 is 0.815 bits per heavy atom. The third kappa shape index (κ3) is 4.43. The minimum absolute atomic E-state index is 0.220. The highest BCUT2D eigenvalue weighted by atomic mass is 32.1. The lowest BCUT2D eigenvalue weighted by atomic mass is 10.0. The minimum Gasteiger partial charge on any atom is -0.204 e. The molecule has 3 aromatic carbocycles. The molecule has 0 aliphatic rings. The van der Waals surface area contributed by atoms with E-state index in [0.717, 1.165) is 34.4 Å². The first-order chi connectivity index (χ1) is 13.1. The molecule has 0 bridgehead atoms. The summed E-state index contributed by atoms with van der Waals surface area (Å²) < 4.78 is 27.6. The fourth-order valence-corrected chi connectivity index (χ4v) is 2.58. The number of isothiocyanates is 1. The van der Waals surface area contributed by atoms with E-state index in [1.54, 1.807) is 6.08 Å². The molecule has 0 atom stereocenters. The number of hydrogen-bond donors (Lipinski definition) is 0. The van der Waals surface area contributed by atoms with E-state index in [2.05, 4.69) is 35.6 Å². The van der Waals surface area contributed by atoms with Crippen molar-refractivity contribution >= 4 is 29.1 Å². The zero-order valence-corrected chi connectivity index (χ0v) is 15.0. The van der Waals surface area contributed by atoms with Gasteiger partial charge in [0.15, 0.2) is 11.6 Å². The highest BCUT2D eigenvalue weighted by molar-refractivity contribution is 7.78. The van der Waals surface area contributed by atoms with Crippen molar-refractivity contribution in [3.8, 4) is 23.0 Å². The molecule has 3 aromatic rings. The second-order valence-electron chi connectivity index (χ2n) is 5.65. The first kappa shape index (κ1) is 18.4. The second kappa shape index (κ2) is 8.33. The maximum atomic E-state index is 13.8. The van der Waals surface area contributed by atoms with Crippen LogP contribution in [0.4, 0.5) is 14.5 Å². The first-order valence-corrected chi connectivity index (χ1v) is 8.43. The zero-order chi connectivity index (χ0) is 19.2. The highest BCUT2D eigenvalue weighted by Gasteiger charge is 2.09. The van der Waals surface area contributed by atoms with Gasteiger partial charge in [0.2, 0.25) is 0 Å². The Labute approximate surface area is 161 Å². The van der Waals surface area contributed by atoms with Crippen LogP contribution in [0.3, 0.4) is 0 Å². The maximum Gasteiger partial charge on any atom is 0.153 e. The number of halogens is 2. The second-order valence-corrected chi connectivity index (χ2v) is 5.83. The molecule has 27 heavy (non-hydrogen) atoms. The molecule has 0 unspecified atom stereocenters. The fourth-order valence-electron chi connectivity index (χ4n) is 2.49. The monoisotopic (exact) mass is 373 g/mol. The summed E-state index contributed by atoms with van der Waals surface area (Å²) in [6.45, 7) is 3.74. The Bertz CT molecular complexity index is 1070. The van der Waals surface area contributed by atoms with E-state index in [1.807, 2.05) is 53.7 Å². The summed E-state index contributed by atoms with van der Waals surface area (Å²) in [6.07, 6.45) is 1.79. The van der Waals surface area contributed by atoms with Gasteiger partial charge in [-0.1, -0.05) is 60.9 Å². The van der Waals surface area contributed by atoms with Crippen molar-refractivity contribution in [1.82, 2.24) is 0 Å². The molecular formula is C23H13F2NS. The first-order valence-electron chi connectivity index (χ1n) is 8.02. The number of thiocarbonyl (C=S) groups is 1. The third-order valence-corrected chi connectivity index (χ3v) is 3.98. The quantitative estimate of drug-likeness (QED) is 0.294. The van der Waals surface area contributed by atoms with Gasteiger partial charge in [0.25, 0.3) is 0 Å². The van der Waals surface area contributed by atoms with Crippen LogP contribution in [0, 0.1) is 23.5 Å². The molecule has 0 saturated carbocycles. The maximum absolute atomic E-state index is 13.8. The van der Waals surface area contributed by atoms with Gasteiger partial charge in [0.05, 0.1) is 5.16 Å². The Morgan fingerprint density at radius 3 is 1.85 bits per heavy atom. The van der Waals surface area contributed by atoms with Crippen molar-refractivity contribution in [2.24, 2.45) is 4.99 Å². The molecule has 0 heterocycles. The lowest BCUT2D eigenvalue weighted by Gasteiger charge is -2.02. The Hall–Kier alpha value is -3.38. The van der Waals surface area contributed by atoms with E-state index < -0.39 is 17.3 Å². The van der Waals surface area contributed by atoms with Gasteiger partial charge in [-0.15, -0.1) is 0 Å². The molecule has 0 radical (unpaired) electrons. The summed E-state index contributed by atoms with van der Waals surface area (Å²) in [6, 6.07) is 17.9. The van der Waals surface area contributed by atoms with E-state index in [9.17, 15) is 8.78 Å². The lowest BCUT2D eigenvalue weighted by molar-refractivity contribution is 0.587. The third-order valence-electron chi connectivity index (χ3n) is 3.89. The van der Waals surface area contributed by atoms with E-state index >= 15 is 0 Å². The molecule has 0 spiro atoms. The molecule has 0 aromatic heterocycles. The molecule has 4 heteroatoms. The van der Waals surface area contributed by atoms with Crippen LogP contribution >= 0.6 is 12.2 Å². The summed E-state index contributed by atoms with van der Waals surface area (Å²) in [5.41, 5.74) is 3.70. The van der Waals surface area contributed by atoms with E-state index in [1.165, 1.54) is 0 Å². The Kier molecular flexibility index (Phi) is 5.68. The van der Waals surface area contributed by atoms with Crippen LogP contribution in [0.5, 0.6) is 0 Å². The fraction of sp³-hybridized carbons (Fsp3) is 0. The molecule has 3 rings (SSSR count). The van der Waals surface area contributed by atoms with Gasteiger partial charge in [-0.2, -0.15) is 4.99 Å². The van der Waals surface area contributed by atoms with Crippen LogP contribution in [0.25, 0.3) is 17.2 Å². The van der Waals surface area contributed by atoms with Gasteiger partial charge in [-0.05, 0) is 53.2 Å². The lowest BCUT2D eigenvalue weighted by Crippen LogP contribution is -1.86. The van der Waals surface area contributed by atoms with Gasteiger partial charge in [-0.3, -0.25) is 0 Å². The van der Waals surface area contributed by atoms with Crippen molar-refractivity contribution in [2.45, 2.75) is 0 Å². The number of rotatable bonds is 3. The molecule has 0 aliphatic heterocycles. The van der Waals surface area contributed by atoms with Crippen LogP contribution in [-0.4, -0.2) is 5.16 Å². The summed E-state index contributed by atoms with van der Waals surface area (Å²) >= 11 is 4.38. The van der Waals surface area contributed by atoms with Gasteiger partial charge >= 0.3 is 0 Å². The summed E-state index contributed by atoms with van der Waals surface area (Å²) in [7, 11) is 0. The zero-order valence-electron chi connectivity index (χ0n) is 14.2. The van der Waals surface area contributed by atoms with Crippen LogP contribution < -0.4 is 0 Å². The molecule has 130 valence electrons. The largest absolute Gasteiger partial charge is 0.204 e. The van der Waals surface area contributed by atoms with Crippen LogP contribution in [0.2, 0.25) is 0 Å². The molecule has 1 nitrogen and oxygen atoms in total. The molecule has 0 N–H and O–H groups in total. The topological polar surface area (TPSA) is 12.4 Å². The molecule has 0 saturated heterocycles. The van der Waals surface area contributed by atoms with Gasteiger partial charge in [-0.25, -0.2) is 8.78 Å². The molecular weight excluding hydrogens is 360 g/mol. The molecule has 0 fully saturated rings. The van der Waals surface area contributed by atoms with Crippen molar-refractivity contribution in [3.63, 3.8) is 0 Å². The predicted molar refractivity (Wildman–Crippen MR) is 109 cm³/mol. The normalized spacial score (nSPS) is 9.70. The average molecular weight is 373 g/mol. The standard InChI is InChI=1S/C23H13F2NS/c1-2-16-5-9-19(10-6-16)20-11-7-17(8-12-20)3-4-18-13-21(24)23(26-15-27)22(25)14-18/h2,5-14H,1H2. The van der Waals surface area contributed by atoms with Gasteiger partial charge in [0, 0.05) is 11.1 Å². The molecule has 0 amide bonds. The van der Waals surface area contributed by atoms with Crippen molar-refractivity contribution in [1.29, 1.82) is 0 Å². The Balaban J connectivity index is 1.83. The SMILES string of the molecule is C=Cc1ccc(-c2ccc(C#Cc3cc(F)c(N=C=S)c(F)c3)cc2)cc1. The van der Waals surface area contributed by atoms with E-state index in [-0.39, 0.29) is 5.56 Å². The van der Waals surface area contributed by atoms with Crippen LogP contribution in [0.1, 0.15) is 16.7 Å². The van der Waals surface area contributed by atoms with Crippen molar-refractivity contribution in [2.75, 3.05) is 0 Å². The summed E-state index contributed by atoms with van der Waals surface area (Å²) in [5.74, 6) is 4.01. The smallest absolute Gasteiger partial charge is 0.153 e. The molecule has 0 aliphatic carbocycles.